The first-order valence-corrected chi connectivity index (χ1v) is 9.67. The van der Waals surface area contributed by atoms with Gasteiger partial charge >= 0.3 is 0 Å². The van der Waals surface area contributed by atoms with Crippen molar-refractivity contribution >= 4 is 37.4 Å². The summed E-state index contributed by atoms with van der Waals surface area (Å²) in [5, 5.41) is 0.585. The lowest BCUT2D eigenvalue weighted by Crippen LogP contribution is -2.39. The number of nitrogen functional groups attached to an aromatic ring is 1. The van der Waals surface area contributed by atoms with Gasteiger partial charge in [0, 0.05) is 51.1 Å². The monoisotopic (exact) mass is 327 g/mol. The molecule has 2 aromatic rings. The molecule has 1 aliphatic heterocycles. The molecule has 0 radical (unpaired) electrons. The second-order valence-electron chi connectivity index (χ2n) is 5.20. The van der Waals surface area contributed by atoms with Crippen molar-refractivity contribution in [1.29, 1.82) is 0 Å². The molecule has 1 aromatic carbocycles. The molecule has 0 aliphatic carbocycles. The van der Waals surface area contributed by atoms with Gasteiger partial charge in [0.25, 0.3) is 0 Å². The maximum Gasteiger partial charge on any atom is 0.242 e. The zero-order chi connectivity index (χ0) is 15.0. The molecule has 1 fully saturated rings. The van der Waals surface area contributed by atoms with E-state index in [0.29, 0.717) is 35.4 Å². The van der Waals surface area contributed by atoms with Gasteiger partial charge in [-0.1, -0.05) is 0 Å². The molecule has 1 saturated heterocycles. The van der Waals surface area contributed by atoms with E-state index >= 15 is 0 Å². The summed E-state index contributed by atoms with van der Waals surface area (Å²) in [5.41, 5.74) is 6.98. The van der Waals surface area contributed by atoms with E-state index in [2.05, 4.69) is 9.71 Å². The maximum atomic E-state index is 12.5. The Labute approximate surface area is 125 Å². The fourth-order valence-electron chi connectivity index (χ4n) is 2.53. The van der Waals surface area contributed by atoms with E-state index in [4.69, 9.17) is 5.73 Å². The van der Waals surface area contributed by atoms with E-state index in [-0.39, 0.29) is 10.9 Å². The first-order chi connectivity index (χ1) is 9.95. The van der Waals surface area contributed by atoms with Gasteiger partial charge < -0.3 is 10.7 Å². The van der Waals surface area contributed by atoms with E-state index in [1.54, 1.807) is 18.2 Å². The van der Waals surface area contributed by atoms with Crippen LogP contribution in [-0.4, -0.2) is 35.2 Å². The molecule has 0 atom stereocenters. The number of H-pyrrole nitrogens is 1. The van der Waals surface area contributed by atoms with Crippen molar-refractivity contribution in [2.75, 3.05) is 17.2 Å². The number of sulfonamides is 1. The topological polar surface area (TPSA) is 105 Å². The molecule has 4 N–H and O–H groups in total. The van der Waals surface area contributed by atoms with Gasteiger partial charge in [-0.15, -0.1) is 0 Å². The number of nitrogens with one attached hydrogen (secondary N) is 2. The summed E-state index contributed by atoms with van der Waals surface area (Å²) in [6, 6.07) is 4.97. The predicted molar refractivity (Wildman–Crippen MR) is 83.9 cm³/mol. The third-order valence-electron chi connectivity index (χ3n) is 3.67. The third-order valence-corrected chi connectivity index (χ3v) is 6.61. The van der Waals surface area contributed by atoms with E-state index in [1.165, 1.54) is 6.20 Å². The van der Waals surface area contributed by atoms with Gasteiger partial charge in [-0.2, -0.15) is 0 Å². The highest BCUT2D eigenvalue weighted by Gasteiger charge is 2.26. The summed E-state index contributed by atoms with van der Waals surface area (Å²) in [4.78, 5) is 3.15. The molecule has 3 rings (SSSR count). The number of benzene rings is 1. The van der Waals surface area contributed by atoms with Gasteiger partial charge in [-0.05, 0) is 31.0 Å². The quantitative estimate of drug-likeness (QED) is 0.730. The zero-order valence-corrected chi connectivity index (χ0v) is 13.0. The SMILES string of the molecule is Nc1ccc2[nH]cc(S(=O)(=O)NC3CCS(=O)CC3)c2c1. The first-order valence-electron chi connectivity index (χ1n) is 6.69. The highest BCUT2D eigenvalue weighted by molar-refractivity contribution is 7.89. The molecule has 0 saturated carbocycles. The van der Waals surface area contributed by atoms with Gasteiger partial charge in [0.1, 0.15) is 4.90 Å². The van der Waals surface area contributed by atoms with Crippen molar-refractivity contribution in [3.8, 4) is 0 Å². The molecule has 8 heteroatoms. The van der Waals surface area contributed by atoms with Crippen molar-refractivity contribution < 1.29 is 12.6 Å². The average Bonchev–Trinajstić information content (AvgIpc) is 2.85. The summed E-state index contributed by atoms with van der Waals surface area (Å²) in [6.07, 6.45) is 2.69. The van der Waals surface area contributed by atoms with E-state index in [0.717, 1.165) is 5.52 Å². The highest BCUT2D eigenvalue weighted by Crippen LogP contribution is 2.25. The standard InChI is InChI=1S/C13H17N3O3S2/c14-9-1-2-12-11(7-9)13(8-15-12)21(18,19)16-10-3-5-20(17)6-4-10/h1-2,7-8,10,15-16H,3-6,14H2. The van der Waals surface area contributed by atoms with Crippen LogP contribution in [0.1, 0.15) is 12.8 Å². The molecular weight excluding hydrogens is 310 g/mol. The summed E-state index contributed by atoms with van der Waals surface area (Å²) >= 11 is 0. The molecule has 1 aromatic heterocycles. The Balaban J connectivity index is 1.89. The van der Waals surface area contributed by atoms with Crippen molar-refractivity contribution in [3.05, 3.63) is 24.4 Å². The van der Waals surface area contributed by atoms with Crippen LogP contribution >= 0.6 is 0 Å². The normalized spacial score (nSPS) is 23.4. The molecule has 2 heterocycles. The number of nitrogens with two attached hydrogens (primary N) is 1. The molecule has 114 valence electrons. The smallest absolute Gasteiger partial charge is 0.242 e. The predicted octanol–water partition coefficient (Wildman–Crippen LogP) is 0.939. The average molecular weight is 327 g/mol. The van der Waals surface area contributed by atoms with Gasteiger partial charge in [0.05, 0.1) is 0 Å². The molecule has 1 aliphatic rings. The van der Waals surface area contributed by atoms with E-state index in [9.17, 15) is 12.6 Å². The van der Waals surface area contributed by atoms with Crippen LogP contribution in [0.2, 0.25) is 0 Å². The van der Waals surface area contributed by atoms with E-state index in [1.807, 2.05) is 0 Å². The number of aromatic amines is 1. The van der Waals surface area contributed by atoms with Crippen LogP contribution in [0.3, 0.4) is 0 Å². The number of fused-ring (bicyclic) bond motifs is 1. The Hall–Kier alpha value is -1.38. The van der Waals surface area contributed by atoms with Crippen LogP contribution in [0.15, 0.2) is 29.3 Å². The van der Waals surface area contributed by atoms with Crippen LogP contribution in [0.25, 0.3) is 10.9 Å². The molecule has 6 nitrogen and oxygen atoms in total. The second kappa shape index (κ2) is 5.43. The molecule has 0 amide bonds. The lowest BCUT2D eigenvalue weighted by Gasteiger charge is -2.22. The Morgan fingerprint density at radius 3 is 2.71 bits per heavy atom. The Bertz CT molecular complexity index is 788. The molecule has 0 spiro atoms. The van der Waals surface area contributed by atoms with Crippen LogP contribution < -0.4 is 10.5 Å². The number of rotatable bonds is 3. The van der Waals surface area contributed by atoms with Gasteiger partial charge in [0.2, 0.25) is 10.0 Å². The molecule has 21 heavy (non-hydrogen) atoms. The molecule has 0 unspecified atom stereocenters. The minimum atomic E-state index is -3.61. The first kappa shape index (κ1) is 14.6. The third kappa shape index (κ3) is 2.97. The van der Waals surface area contributed by atoms with E-state index < -0.39 is 20.8 Å². The summed E-state index contributed by atoms with van der Waals surface area (Å²) in [6.45, 7) is 0. The summed E-state index contributed by atoms with van der Waals surface area (Å²) in [5.74, 6) is 1.10. The van der Waals surface area contributed by atoms with Gasteiger partial charge in [-0.25, -0.2) is 13.1 Å². The lowest BCUT2D eigenvalue weighted by atomic mass is 10.2. The zero-order valence-electron chi connectivity index (χ0n) is 11.3. The Kier molecular flexibility index (Phi) is 3.76. The Morgan fingerprint density at radius 1 is 1.29 bits per heavy atom. The van der Waals surface area contributed by atoms with Crippen molar-refractivity contribution in [2.24, 2.45) is 0 Å². The van der Waals surface area contributed by atoms with Crippen molar-refractivity contribution in [2.45, 2.75) is 23.8 Å². The molecular formula is C13H17N3O3S2. The number of hydrogen-bond donors (Lipinski definition) is 3. The number of anilines is 1. The van der Waals surface area contributed by atoms with Gasteiger partial charge in [-0.3, -0.25) is 4.21 Å². The van der Waals surface area contributed by atoms with Crippen LogP contribution in [0.5, 0.6) is 0 Å². The summed E-state index contributed by atoms with van der Waals surface area (Å²) in [7, 11) is -4.42. The Morgan fingerprint density at radius 2 is 2.00 bits per heavy atom. The molecule has 0 bridgehead atoms. The van der Waals surface area contributed by atoms with Crippen LogP contribution in [0.4, 0.5) is 5.69 Å². The maximum absolute atomic E-state index is 12.5. The fraction of sp³-hybridized carbons (Fsp3) is 0.385. The van der Waals surface area contributed by atoms with Crippen LogP contribution in [-0.2, 0) is 20.8 Å². The second-order valence-corrected chi connectivity index (χ2v) is 8.58. The van der Waals surface area contributed by atoms with Gasteiger partial charge in [0.15, 0.2) is 0 Å². The fourth-order valence-corrected chi connectivity index (χ4v) is 5.30. The largest absolute Gasteiger partial charge is 0.399 e. The highest BCUT2D eigenvalue weighted by atomic mass is 32.2. The lowest BCUT2D eigenvalue weighted by molar-refractivity contribution is 0.522. The number of hydrogen-bond acceptors (Lipinski definition) is 4. The minimum absolute atomic E-state index is 0.154. The summed E-state index contributed by atoms with van der Waals surface area (Å²) < 4.78 is 39.1. The van der Waals surface area contributed by atoms with Crippen molar-refractivity contribution in [3.63, 3.8) is 0 Å². The minimum Gasteiger partial charge on any atom is -0.399 e. The number of aromatic nitrogens is 1. The van der Waals surface area contributed by atoms with Crippen molar-refractivity contribution in [1.82, 2.24) is 9.71 Å². The van der Waals surface area contributed by atoms with Crippen LogP contribution in [0, 0.1) is 0 Å².